The number of azide groups is 1. The maximum absolute atomic E-state index is 13.5. The molecule has 0 aromatic carbocycles. The summed E-state index contributed by atoms with van der Waals surface area (Å²) in [7, 11) is 3.12. The lowest BCUT2D eigenvalue weighted by Gasteiger charge is -2.41. The Morgan fingerprint density at radius 2 is 2.09 bits per heavy atom. The number of rotatable bonds is 14. The van der Waals surface area contributed by atoms with Crippen molar-refractivity contribution in [1.82, 2.24) is 15.5 Å². The number of aliphatic hydroxyl groups excluding tert-OH is 1. The monoisotopic (exact) mass is 470 g/mol. The van der Waals surface area contributed by atoms with Crippen molar-refractivity contribution in [1.29, 1.82) is 0 Å². The molecule has 3 N–H and O–H groups in total. The van der Waals surface area contributed by atoms with E-state index < -0.39 is 17.0 Å². The number of amides is 2. The Labute approximate surface area is 195 Å². The van der Waals surface area contributed by atoms with E-state index in [-0.39, 0.29) is 42.5 Å². The van der Waals surface area contributed by atoms with Gasteiger partial charge in [-0.25, -0.2) is 0 Å². The van der Waals surface area contributed by atoms with Crippen LogP contribution in [0.4, 0.5) is 0 Å². The van der Waals surface area contributed by atoms with Gasteiger partial charge in [0.05, 0.1) is 19.1 Å². The highest BCUT2D eigenvalue weighted by Gasteiger charge is 2.44. The van der Waals surface area contributed by atoms with Crippen molar-refractivity contribution in [3.63, 3.8) is 0 Å². The fourth-order valence-corrected chi connectivity index (χ4v) is 4.72. The first-order valence-corrected chi connectivity index (χ1v) is 11.9. The van der Waals surface area contributed by atoms with E-state index in [0.717, 1.165) is 0 Å². The van der Waals surface area contributed by atoms with Crippen LogP contribution in [-0.4, -0.2) is 72.2 Å². The quantitative estimate of drug-likeness (QED) is 0.202. The van der Waals surface area contributed by atoms with E-state index in [1.807, 2.05) is 33.1 Å². The minimum Gasteiger partial charge on any atom is -0.390 e. The van der Waals surface area contributed by atoms with Crippen molar-refractivity contribution in [2.45, 2.75) is 70.0 Å². The zero-order chi connectivity index (χ0) is 24.3. The molecule has 10 nitrogen and oxygen atoms in total. The number of carbonyl (C=O) groups excluding carboxylic acids is 2. The summed E-state index contributed by atoms with van der Waals surface area (Å²) in [6.07, 6.45) is 1.80. The van der Waals surface area contributed by atoms with Crippen LogP contribution in [0.3, 0.4) is 0 Å². The Kier molecular flexibility index (Phi) is 11.9. The van der Waals surface area contributed by atoms with E-state index in [0.29, 0.717) is 19.6 Å². The molecule has 0 spiro atoms. The Hall–Kier alpha value is -1.94. The van der Waals surface area contributed by atoms with Gasteiger partial charge in [0.25, 0.3) is 0 Å². The molecule has 1 unspecified atom stereocenters. The molecule has 0 saturated carbocycles. The zero-order valence-corrected chi connectivity index (χ0v) is 20.8. The van der Waals surface area contributed by atoms with Gasteiger partial charge in [-0.3, -0.25) is 9.59 Å². The number of methoxy groups -OCH3 is 1. The molecule has 0 aliphatic carbocycles. The smallest absolute Gasteiger partial charge is 0.232 e. The van der Waals surface area contributed by atoms with Crippen LogP contribution in [0.5, 0.6) is 0 Å². The number of thioether (sulfide) groups is 1. The lowest BCUT2D eigenvalue weighted by molar-refractivity contribution is -0.139. The molecule has 0 radical (unpaired) electrons. The standard InChI is InChI=1S/C21H38N6O4S/c1-7-15(4)19(25-26-22)20(30)27(9-10-31-6)16(14(2)3)12-17(28)21(13-18(29)23-5)24-8-11-32-21/h8,11,14-17,19,24,28H,7,9-10,12-13H2,1-6H3,(H,23,29)/t15-,16+,17+,19-,21?/m0/s1. The van der Waals surface area contributed by atoms with Gasteiger partial charge in [0.15, 0.2) is 0 Å². The maximum atomic E-state index is 13.5. The SMILES string of the molecule is CC[C@H](C)[C@H](N=[N+]=[N-])C(=O)N(CCOC)[C@H](C[C@@H](O)C1(CC(=O)NC)NC=CS1)C(C)C. The third-order valence-corrected chi connectivity index (χ3v) is 7.21. The van der Waals surface area contributed by atoms with E-state index in [1.165, 1.54) is 11.8 Å². The zero-order valence-electron chi connectivity index (χ0n) is 19.9. The van der Waals surface area contributed by atoms with Gasteiger partial charge in [0, 0.05) is 37.9 Å². The Morgan fingerprint density at radius 3 is 2.56 bits per heavy atom. The molecule has 1 heterocycles. The molecule has 182 valence electrons. The van der Waals surface area contributed by atoms with Crippen LogP contribution in [0.25, 0.3) is 10.4 Å². The number of hydrogen-bond acceptors (Lipinski definition) is 7. The number of ether oxygens (including phenoxy) is 1. The van der Waals surface area contributed by atoms with Crippen LogP contribution in [0.2, 0.25) is 0 Å². The molecule has 1 aliphatic rings. The third-order valence-electron chi connectivity index (χ3n) is 5.98. The van der Waals surface area contributed by atoms with Crippen molar-refractivity contribution in [3.05, 3.63) is 22.1 Å². The number of hydrogen-bond donors (Lipinski definition) is 3. The average Bonchev–Trinajstić information content (AvgIpc) is 3.25. The largest absolute Gasteiger partial charge is 0.390 e. The summed E-state index contributed by atoms with van der Waals surface area (Å²) >= 11 is 1.36. The Balaban J connectivity index is 3.24. The van der Waals surface area contributed by atoms with Crippen LogP contribution >= 0.6 is 11.8 Å². The molecule has 1 aliphatic heterocycles. The molecule has 5 atom stereocenters. The number of nitrogens with one attached hydrogen (secondary N) is 2. The molecule has 11 heteroatoms. The second kappa shape index (κ2) is 13.6. The van der Waals surface area contributed by atoms with Crippen LogP contribution in [0.15, 0.2) is 16.7 Å². The van der Waals surface area contributed by atoms with Gasteiger partial charge in [0.1, 0.15) is 10.9 Å². The first kappa shape index (κ1) is 28.1. The first-order valence-electron chi connectivity index (χ1n) is 11.0. The molecule has 0 aromatic rings. The Morgan fingerprint density at radius 1 is 1.41 bits per heavy atom. The molecular weight excluding hydrogens is 432 g/mol. The molecule has 0 fully saturated rings. The summed E-state index contributed by atoms with van der Waals surface area (Å²) in [6.45, 7) is 8.41. The van der Waals surface area contributed by atoms with Crippen molar-refractivity contribution in [3.8, 4) is 0 Å². The van der Waals surface area contributed by atoms with Gasteiger partial charge in [-0.15, -0.1) is 11.8 Å². The summed E-state index contributed by atoms with van der Waals surface area (Å²) < 4.78 is 5.23. The first-order chi connectivity index (χ1) is 15.2. The summed E-state index contributed by atoms with van der Waals surface area (Å²) in [5.74, 6) is -0.588. The van der Waals surface area contributed by atoms with Crippen molar-refractivity contribution >= 4 is 23.6 Å². The van der Waals surface area contributed by atoms with Crippen molar-refractivity contribution < 1.29 is 19.4 Å². The molecule has 1 rings (SSSR count). The second-order valence-corrected chi connectivity index (χ2v) is 9.66. The highest BCUT2D eigenvalue weighted by atomic mass is 32.2. The number of nitrogens with zero attached hydrogens (tertiary/aromatic N) is 4. The molecule has 0 aromatic heterocycles. The highest BCUT2D eigenvalue weighted by Crippen LogP contribution is 2.38. The lowest BCUT2D eigenvalue weighted by atomic mass is 9.90. The van der Waals surface area contributed by atoms with Crippen LogP contribution in [-0.2, 0) is 14.3 Å². The van der Waals surface area contributed by atoms with E-state index in [9.17, 15) is 14.7 Å². The second-order valence-electron chi connectivity index (χ2n) is 8.43. The van der Waals surface area contributed by atoms with E-state index >= 15 is 0 Å². The molecule has 0 bridgehead atoms. The fourth-order valence-electron chi connectivity index (χ4n) is 3.74. The van der Waals surface area contributed by atoms with Crippen LogP contribution in [0.1, 0.15) is 47.0 Å². The van der Waals surface area contributed by atoms with Gasteiger partial charge in [-0.2, -0.15) is 0 Å². The van der Waals surface area contributed by atoms with Gasteiger partial charge >= 0.3 is 0 Å². The molecule has 0 saturated heterocycles. The predicted octanol–water partition coefficient (Wildman–Crippen LogP) is 2.60. The minimum atomic E-state index is -0.924. The fraction of sp³-hybridized carbons (Fsp3) is 0.810. The van der Waals surface area contributed by atoms with Crippen molar-refractivity contribution in [2.75, 3.05) is 27.3 Å². The van der Waals surface area contributed by atoms with E-state index in [2.05, 4.69) is 20.7 Å². The Bertz CT molecular complexity index is 690. The van der Waals surface area contributed by atoms with Gasteiger partial charge in [0.2, 0.25) is 11.8 Å². The van der Waals surface area contributed by atoms with Gasteiger partial charge in [-0.1, -0.05) is 39.2 Å². The summed E-state index contributed by atoms with van der Waals surface area (Å²) in [5.41, 5.74) is 9.03. The van der Waals surface area contributed by atoms with E-state index in [4.69, 9.17) is 10.3 Å². The van der Waals surface area contributed by atoms with E-state index in [1.54, 1.807) is 25.3 Å². The highest BCUT2D eigenvalue weighted by molar-refractivity contribution is 8.03. The van der Waals surface area contributed by atoms with Gasteiger partial charge < -0.3 is 25.4 Å². The molecule has 32 heavy (non-hydrogen) atoms. The van der Waals surface area contributed by atoms with Crippen molar-refractivity contribution in [2.24, 2.45) is 17.0 Å². The minimum absolute atomic E-state index is 0.00511. The summed E-state index contributed by atoms with van der Waals surface area (Å²) in [5, 5.41) is 22.6. The van der Waals surface area contributed by atoms with Crippen LogP contribution < -0.4 is 10.6 Å². The average molecular weight is 471 g/mol. The summed E-state index contributed by atoms with van der Waals surface area (Å²) in [6, 6.07) is -1.18. The third kappa shape index (κ3) is 7.30. The topological polar surface area (TPSA) is 140 Å². The maximum Gasteiger partial charge on any atom is 0.232 e. The molecular formula is C21H38N6O4S. The lowest BCUT2D eigenvalue weighted by Crippen LogP contribution is -2.56. The van der Waals surface area contributed by atoms with Crippen LogP contribution in [0, 0.1) is 11.8 Å². The summed E-state index contributed by atoms with van der Waals surface area (Å²) in [4.78, 5) is 29.3. The number of aliphatic hydroxyl groups is 1. The predicted molar refractivity (Wildman–Crippen MR) is 127 cm³/mol. The molecule has 2 amide bonds. The van der Waals surface area contributed by atoms with Gasteiger partial charge in [-0.05, 0) is 29.2 Å². The number of carbonyl (C=O) groups is 2. The normalized spacial score (nSPS) is 21.2.